The highest BCUT2D eigenvalue weighted by Crippen LogP contribution is 2.26. The molecule has 14 heavy (non-hydrogen) atoms. The molecule has 0 heterocycles. The summed E-state index contributed by atoms with van der Waals surface area (Å²) in [5.41, 5.74) is 5.86. The quantitative estimate of drug-likeness (QED) is 0.767. The number of rotatable bonds is 3. The minimum atomic E-state index is -0.695. The number of phenols is 1. The third kappa shape index (κ3) is 2.67. The Hall–Kier alpha value is -0.650. The molecule has 0 radical (unpaired) electrons. The van der Waals surface area contributed by atoms with Crippen molar-refractivity contribution in [2.24, 2.45) is 5.73 Å². The van der Waals surface area contributed by atoms with E-state index in [-0.39, 0.29) is 13.0 Å². The topological polar surface area (TPSA) is 66.5 Å². The summed E-state index contributed by atoms with van der Waals surface area (Å²) in [6.07, 6.45) is 0.235. The monoisotopic (exact) mass is 263 g/mol. The predicted octanol–water partition coefficient (Wildman–Crippen LogP) is 1.16. The van der Waals surface area contributed by atoms with Crippen LogP contribution < -0.4 is 5.73 Å². The maximum Gasteiger partial charge on any atom is 0.166 e. The van der Waals surface area contributed by atoms with E-state index in [0.29, 0.717) is 10.0 Å². The number of phenolic OH excluding ortho intramolecular Hbond substituents is 1. The SMILES string of the molecule is NC(CO)Cc1cc(Br)cc(F)c1O. The van der Waals surface area contributed by atoms with E-state index in [4.69, 9.17) is 10.8 Å². The molecule has 5 heteroatoms. The molecule has 1 rings (SSSR count). The van der Waals surface area contributed by atoms with Crippen molar-refractivity contribution in [3.8, 4) is 5.75 Å². The molecule has 0 fully saturated rings. The number of aliphatic hydroxyl groups excluding tert-OH is 1. The first-order valence-corrected chi connectivity index (χ1v) is 4.87. The fourth-order valence-electron chi connectivity index (χ4n) is 1.12. The van der Waals surface area contributed by atoms with Gasteiger partial charge in [-0.05, 0) is 24.1 Å². The van der Waals surface area contributed by atoms with Crippen molar-refractivity contribution in [2.45, 2.75) is 12.5 Å². The standard InChI is InChI=1S/C9H11BrFNO2/c10-6-1-5(2-7(12)4-13)9(14)8(11)3-6/h1,3,7,13-14H,2,4,12H2. The minimum absolute atomic E-state index is 0.201. The van der Waals surface area contributed by atoms with Crippen LogP contribution in [0.15, 0.2) is 16.6 Å². The Bertz CT molecular complexity index is 333. The molecule has 3 nitrogen and oxygen atoms in total. The Morgan fingerprint density at radius 2 is 2.14 bits per heavy atom. The van der Waals surface area contributed by atoms with Crippen LogP contribution in [0.2, 0.25) is 0 Å². The van der Waals surface area contributed by atoms with E-state index in [0.717, 1.165) is 0 Å². The largest absolute Gasteiger partial charge is 0.505 e. The summed E-state index contributed by atoms with van der Waals surface area (Å²) < 4.78 is 13.5. The van der Waals surface area contributed by atoms with Gasteiger partial charge >= 0.3 is 0 Å². The maximum absolute atomic E-state index is 13.0. The van der Waals surface area contributed by atoms with E-state index in [1.54, 1.807) is 6.07 Å². The van der Waals surface area contributed by atoms with Crippen LogP contribution in [-0.4, -0.2) is 22.9 Å². The van der Waals surface area contributed by atoms with Crippen LogP contribution in [0.5, 0.6) is 5.75 Å². The van der Waals surface area contributed by atoms with Crippen LogP contribution in [-0.2, 0) is 6.42 Å². The lowest BCUT2D eigenvalue weighted by Gasteiger charge is -2.10. The Morgan fingerprint density at radius 3 is 2.71 bits per heavy atom. The highest BCUT2D eigenvalue weighted by atomic mass is 79.9. The van der Waals surface area contributed by atoms with Gasteiger partial charge in [-0.25, -0.2) is 4.39 Å². The molecule has 0 aliphatic heterocycles. The molecular formula is C9H11BrFNO2. The molecule has 4 N–H and O–H groups in total. The van der Waals surface area contributed by atoms with Gasteiger partial charge in [-0.1, -0.05) is 15.9 Å². The molecule has 1 unspecified atom stereocenters. The van der Waals surface area contributed by atoms with Crippen LogP contribution in [0.3, 0.4) is 0 Å². The van der Waals surface area contributed by atoms with E-state index < -0.39 is 17.6 Å². The minimum Gasteiger partial charge on any atom is -0.505 e. The van der Waals surface area contributed by atoms with Gasteiger partial charge in [0.05, 0.1) is 6.61 Å². The van der Waals surface area contributed by atoms with Crippen molar-refractivity contribution in [3.05, 3.63) is 28.0 Å². The number of hydrogen-bond acceptors (Lipinski definition) is 3. The second kappa shape index (κ2) is 4.72. The van der Waals surface area contributed by atoms with Gasteiger partial charge in [-0.2, -0.15) is 0 Å². The highest BCUT2D eigenvalue weighted by molar-refractivity contribution is 9.10. The third-order valence-electron chi connectivity index (χ3n) is 1.82. The molecule has 0 aliphatic carbocycles. The summed E-state index contributed by atoms with van der Waals surface area (Å²) in [4.78, 5) is 0. The molecule has 0 aromatic heterocycles. The van der Waals surface area contributed by atoms with E-state index in [1.165, 1.54) is 6.07 Å². The molecule has 0 bridgehead atoms. The normalized spacial score (nSPS) is 12.9. The molecular weight excluding hydrogens is 253 g/mol. The first kappa shape index (κ1) is 11.4. The summed E-state index contributed by atoms with van der Waals surface area (Å²) in [5, 5.41) is 18.0. The molecule has 0 saturated heterocycles. The average molecular weight is 264 g/mol. The van der Waals surface area contributed by atoms with Crippen molar-refractivity contribution < 1.29 is 14.6 Å². The number of hydrogen-bond donors (Lipinski definition) is 3. The summed E-state index contributed by atoms with van der Waals surface area (Å²) in [6.45, 7) is -0.201. The number of nitrogens with two attached hydrogens (primary N) is 1. The fourth-order valence-corrected chi connectivity index (χ4v) is 1.60. The zero-order chi connectivity index (χ0) is 10.7. The van der Waals surface area contributed by atoms with Gasteiger partial charge in [-0.15, -0.1) is 0 Å². The second-order valence-corrected chi connectivity index (χ2v) is 3.96. The van der Waals surface area contributed by atoms with Crippen LogP contribution >= 0.6 is 15.9 Å². The lowest BCUT2D eigenvalue weighted by atomic mass is 10.1. The van der Waals surface area contributed by atoms with Gasteiger partial charge in [0.2, 0.25) is 0 Å². The summed E-state index contributed by atoms with van der Waals surface area (Å²) >= 11 is 3.10. The van der Waals surface area contributed by atoms with E-state index >= 15 is 0 Å². The van der Waals surface area contributed by atoms with Gasteiger partial charge in [0.15, 0.2) is 11.6 Å². The van der Waals surface area contributed by atoms with Gasteiger partial charge in [0, 0.05) is 10.5 Å². The molecule has 0 amide bonds. The van der Waals surface area contributed by atoms with Gasteiger partial charge in [0.25, 0.3) is 0 Å². The van der Waals surface area contributed by atoms with Gasteiger partial charge < -0.3 is 15.9 Å². The first-order chi connectivity index (χ1) is 6.54. The molecule has 1 aromatic rings. The number of aliphatic hydroxyl groups is 1. The van der Waals surface area contributed by atoms with Crippen LogP contribution in [0.4, 0.5) is 4.39 Å². The van der Waals surface area contributed by atoms with Gasteiger partial charge in [-0.3, -0.25) is 0 Å². The van der Waals surface area contributed by atoms with Crippen LogP contribution in [0, 0.1) is 5.82 Å². The smallest absolute Gasteiger partial charge is 0.166 e. The average Bonchev–Trinajstić information content (AvgIpc) is 2.13. The maximum atomic E-state index is 13.0. The van der Waals surface area contributed by atoms with Crippen molar-refractivity contribution in [2.75, 3.05) is 6.61 Å². The molecule has 0 spiro atoms. The Labute approximate surface area is 89.5 Å². The fraction of sp³-hybridized carbons (Fsp3) is 0.333. The number of aromatic hydroxyl groups is 1. The van der Waals surface area contributed by atoms with Crippen molar-refractivity contribution >= 4 is 15.9 Å². The van der Waals surface area contributed by atoms with Crippen LogP contribution in [0.25, 0.3) is 0 Å². The summed E-state index contributed by atoms with van der Waals surface area (Å²) in [7, 11) is 0. The Balaban J connectivity index is 2.96. The third-order valence-corrected chi connectivity index (χ3v) is 2.28. The lowest BCUT2D eigenvalue weighted by molar-refractivity contribution is 0.264. The Morgan fingerprint density at radius 1 is 1.50 bits per heavy atom. The highest BCUT2D eigenvalue weighted by Gasteiger charge is 2.11. The second-order valence-electron chi connectivity index (χ2n) is 3.04. The molecule has 1 atom stereocenters. The van der Waals surface area contributed by atoms with E-state index in [1.807, 2.05) is 0 Å². The van der Waals surface area contributed by atoms with Crippen molar-refractivity contribution in [3.63, 3.8) is 0 Å². The lowest BCUT2D eigenvalue weighted by Crippen LogP contribution is -2.26. The zero-order valence-electron chi connectivity index (χ0n) is 7.37. The predicted molar refractivity (Wildman–Crippen MR) is 54.5 cm³/mol. The number of halogens is 2. The van der Waals surface area contributed by atoms with E-state index in [2.05, 4.69) is 15.9 Å². The molecule has 0 aliphatic rings. The summed E-state index contributed by atoms with van der Waals surface area (Å²) in [6, 6.07) is 2.26. The zero-order valence-corrected chi connectivity index (χ0v) is 8.96. The Kier molecular flexibility index (Phi) is 3.86. The van der Waals surface area contributed by atoms with E-state index in [9.17, 15) is 9.50 Å². The molecule has 0 saturated carbocycles. The molecule has 1 aromatic carbocycles. The van der Waals surface area contributed by atoms with Crippen molar-refractivity contribution in [1.29, 1.82) is 0 Å². The first-order valence-electron chi connectivity index (χ1n) is 4.08. The molecule has 78 valence electrons. The van der Waals surface area contributed by atoms with Gasteiger partial charge in [0.1, 0.15) is 0 Å². The number of benzene rings is 1. The van der Waals surface area contributed by atoms with Crippen molar-refractivity contribution in [1.82, 2.24) is 0 Å². The summed E-state index contributed by atoms with van der Waals surface area (Å²) in [5.74, 6) is -1.10. The van der Waals surface area contributed by atoms with Crippen LogP contribution in [0.1, 0.15) is 5.56 Å².